The third-order valence-electron chi connectivity index (χ3n) is 9.94. The maximum atomic E-state index is 12.2. The highest BCUT2D eigenvalue weighted by molar-refractivity contribution is 5.93. The van der Waals surface area contributed by atoms with E-state index >= 15 is 0 Å². The van der Waals surface area contributed by atoms with Crippen LogP contribution >= 0.6 is 0 Å². The van der Waals surface area contributed by atoms with E-state index in [1.807, 2.05) is 6.08 Å². The number of nitrogens with zero attached hydrogens (tertiary/aromatic N) is 1. The predicted molar refractivity (Wildman–Crippen MR) is 129 cm³/mol. The normalized spacial score (nSPS) is 38.4. The molecule has 0 bridgehead atoms. The third-order valence-corrected chi connectivity index (χ3v) is 9.94. The summed E-state index contributed by atoms with van der Waals surface area (Å²) in [5.74, 6) is 2.15. The second-order valence-corrected chi connectivity index (χ2v) is 11.5. The first kappa shape index (κ1) is 20.7. The summed E-state index contributed by atoms with van der Waals surface area (Å²) in [7, 11) is 4.22. The van der Waals surface area contributed by atoms with E-state index in [1.165, 1.54) is 55.3 Å². The highest BCUT2D eigenvalue weighted by atomic mass is 16.5. The molecule has 0 unspecified atom stereocenters. The summed E-state index contributed by atoms with van der Waals surface area (Å²) in [6, 6.07) is 9.31. The maximum absolute atomic E-state index is 12.2. The molecule has 0 aromatic heterocycles. The smallest absolute Gasteiger partial charge is 0.156 e. The monoisotopic (exact) mass is 431 g/mol. The number of ether oxygens (including phenoxy) is 1. The third kappa shape index (κ3) is 2.86. The van der Waals surface area contributed by atoms with Crippen LogP contribution in [0.25, 0.3) is 0 Å². The number of hydrogen-bond acceptors (Lipinski definition) is 3. The van der Waals surface area contributed by atoms with Crippen molar-refractivity contribution in [2.45, 2.75) is 76.2 Å². The van der Waals surface area contributed by atoms with Crippen molar-refractivity contribution in [2.75, 3.05) is 25.6 Å². The lowest BCUT2D eigenvalue weighted by molar-refractivity contribution is -0.114. The minimum absolute atomic E-state index is 0.0916. The number of anilines is 1. The topological polar surface area (TPSA) is 29.5 Å². The Labute approximate surface area is 192 Å². The summed E-state index contributed by atoms with van der Waals surface area (Å²) < 4.78 is 6.63. The fourth-order valence-electron chi connectivity index (χ4n) is 8.39. The molecule has 0 amide bonds. The fraction of sp³-hybridized carbons (Fsp3) is 0.621. The van der Waals surface area contributed by atoms with E-state index < -0.39 is 0 Å². The molecular formula is C29H37NO2. The molecule has 1 spiro atoms. The number of ketones is 1. The van der Waals surface area contributed by atoms with Crippen molar-refractivity contribution in [3.05, 3.63) is 52.6 Å². The molecule has 32 heavy (non-hydrogen) atoms. The Bertz CT molecular complexity index is 994. The molecule has 1 aromatic rings. The highest BCUT2D eigenvalue weighted by Gasteiger charge is 2.64. The van der Waals surface area contributed by atoms with Crippen LogP contribution in [0.3, 0.4) is 0 Å². The zero-order valence-electron chi connectivity index (χ0n) is 20.0. The summed E-state index contributed by atoms with van der Waals surface area (Å²) in [6.07, 6.45) is 12.1. The number of carbonyl (C=O) groups is 1. The van der Waals surface area contributed by atoms with Crippen LogP contribution in [-0.4, -0.2) is 32.1 Å². The number of rotatable bonds is 2. The van der Waals surface area contributed by atoms with E-state index in [0.29, 0.717) is 24.0 Å². The molecule has 0 N–H and O–H groups in total. The van der Waals surface area contributed by atoms with Gasteiger partial charge in [0.1, 0.15) is 0 Å². The largest absolute Gasteiger partial charge is 0.378 e. The van der Waals surface area contributed by atoms with Crippen LogP contribution in [0.2, 0.25) is 0 Å². The van der Waals surface area contributed by atoms with Gasteiger partial charge in [0.15, 0.2) is 5.78 Å². The van der Waals surface area contributed by atoms with E-state index in [9.17, 15) is 4.79 Å². The van der Waals surface area contributed by atoms with Crippen molar-refractivity contribution >= 4 is 11.5 Å². The summed E-state index contributed by atoms with van der Waals surface area (Å²) in [5, 5.41) is 0. The molecule has 4 aliphatic carbocycles. The van der Waals surface area contributed by atoms with Gasteiger partial charge in [-0.1, -0.05) is 24.6 Å². The lowest BCUT2D eigenvalue weighted by Gasteiger charge is -2.55. The summed E-state index contributed by atoms with van der Waals surface area (Å²) in [6.45, 7) is 3.52. The van der Waals surface area contributed by atoms with Gasteiger partial charge < -0.3 is 9.64 Å². The Balaban J connectivity index is 1.50. The molecule has 3 fully saturated rings. The predicted octanol–water partition coefficient (Wildman–Crippen LogP) is 6.20. The first-order chi connectivity index (χ1) is 15.4. The molecule has 1 aromatic carbocycles. The Hall–Kier alpha value is -1.87. The average Bonchev–Trinajstić information content (AvgIpc) is 3.39. The van der Waals surface area contributed by atoms with E-state index in [2.05, 4.69) is 50.2 Å². The molecule has 5 aliphatic rings. The van der Waals surface area contributed by atoms with Crippen molar-refractivity contribution in [1.82, 2.24) is 0 Å². The van der Waals surface area contributed by atoms with Gasteiger partial charge in [-0.3, -0.25) is 4.79 Å². The minimum Gasteiger partial charge on any atom is -0.378 e. The summed E-state index contributed by atoms with van der Waals surface area (Å²) in [5.41, 5.74) is 7.66. The number of allylic oxidation sites excluding steroid dienone is 4. The van der Waals surface area contributed by atoms with Gasteiger partial charge in [-0.15, -0.1) is 0 Å². The van der Waals surface area contributed by atoms with Crippen LogP contribution in [-0.2, 0) is 9.53 Å². The Morgan fingerprint density at radius 1 is 1.03 bits per heavy atom. The summed E-state index contributed by atoms with van der Waals surface area (Å²) in [4.78, 5) is 14.4. The number of fused-ring (bicyclic) bond motifs is 5. The lowest BCUT2D eigenvalue weighted by atomic mass is 9.51. The first-order valence-corrected chi connectivity index (χ1v) is 12.8. The van der Waals surface area contributed by atoms with Crippen molar-refractivity contribution < 1.29 is 9.53 Å². The second-order valence-electron chi connectivity index (χ2n) is 11.5. The molecular weight excluding hydrogens is 394 g/mol. The fourth-order valence-corrected chi connectivity index (χ4v) is 8.39. The first-order valence-electron chi connectivity index (χ1n) is 12.8. The van der Waals surface area contributed by atoms with Gasteiger partial charge in [-0.2, -0.15) is 0 Å². The van der Waals surface area contributed by atoms with Gasteiger partial charge >= 0.3 is 0 Å². The van der Waals surface area contributed by atoms with Crippen LogP contribution in [0.4, 0.5) is 5.69 Å². The average molecular weight is 432 g/mol. The van der Waals surface area contributed by atoms with Gasteiger partial charge in [0.2, 0.25) is 0 Å². The van der Waals surface area contributed by atoms with Crippen LogP contribution in [0.1, 0.15) is 76.2 Å². The van der Waals surface area contributed by atoms with Crippen molar-refractivity contribution in [2.24, 2.45) is 17.3 Å². The maximum Gasteiger partial charge on any atom is 0.156 e. The quantitative estimate of drug-likeness (QED) is 0.558. The van der Waals surface area contributed by atoms with Gasteiger partial charge in [-0.25, -0.2) is 0 Å². The lowest BCUT2D eigenvalue weighted by Crippen LogP contribution is -2.51. The molecule has 1 saturated heterocycles. The minimum atomic E-state index is 0.0916. The van der Waals surface area contributed by atoms with Crippen LogP contribution in [0.15, 0.2) is 47.1 Å². The van der Waals surface area contributed by atoms with Crippen molar-refractivity contribution in [3.63, 3.8) is 0 Å². The van der Waals surface area contributed by atoms with Crippen molar-refractivity contribution in [1.29, 1.82) is 0 Å². The second kappa shape index (κ2) is 7.32. The van der Waals surface area contributed by atoms with Crippen LogP contribution < -0.4 is 4.90 Å². The molecule has 2 saturated carbocycles. The highest BCUT2D eigenvalue weighted by Crippen LogP contribution is 2.69. The molecule has 1 aliphatic heterocycles. The van der Waals surface area contributed by atoms with E-state index in [1.54, 1.807) is 11.1 Å². The van der Waals surface area contributed by atoms with Gasteiger partial charge in [0.05, 0.1) is 5.60 Å². The Morgan fingerprint density at radius 2 is 1.84 bits per heavy atom. The molecule has 0 radical (unpaired) electrons. The molecule has 6 rings (SSSR count). The van der Waals surface area contributed by atoms with Crippen LogP contribution in [0.5, 0.6) is 0 Å². The van der Waals surface area contributed by atoms with E-state index in [0.717, 1.165) is 25.4 Å². The standard InChI is InChI=1S/C29H37NO2/c1-28-18-25(19-5-8-21(9-6-19)30(2)3)27-23-12-10-22(31)17-20(23)7-11-24(27)26(28)13-15-29(28)14-4-16-32-29/h5-6,8-9,17,24-26H,4,7,10-16,18H2,1-3H3/t24-,25+,26-,28-,29-/m0/s1. The number of carbonyl (C=O) groups excluding carboxylic acids is 1. The van der Waals surface area contributed by atoms with E-state index in [4.69, 9.17) is 4.74 Å². The molecule has 1 heterocycles. The zero-order chi connectivity index (χ0) is 22.1. The number of benzene rings is 1. The SMILES string of the molecule is CN(C)c1ccc([C@H]2C[C@@]3(C)[C@@H](CC[C@@]34CCCO4)[C@@H]3CCC4=CC(=O)CCC4=C32)cc1. The Kier molecular flexibility index (Phi) is 4.74. The van der Waals surface area contributed by atoms with Gasteiger partial charge in [0, 0.05) is 44.1 Å². The summed E-state index contributed by atoms with van der Waals surface area (Å²) >= 11 is 0. The van der Waals surface area contributed by atoms with Gasteiger partial charge in [-0.05, 0) is 98.1 Å². The Morgan fingerprint density at radius 3 is 2.56 bits per heavy atom. The molecule has 5 atom stereocenters. The van der Waals surface area contributed by atoms with Crippen LogP contribution in [0, 0.1) is 17.3 Å². The molecule has 170 valence electrons. The zero-order valence-corrected chi connectivity index (χ0v) is 20.0. The molecule has 3 heteroatoms. The van der Waals surface area contributed by atoms with Gasteiger partial charge in [0.25, 0.3) is 0 Å². The van der Waals surface area contributed by atoms with Crippen molar-refractivity contribution in [3.8, 4) is 0 Å². The van der Waals surface area contributed by atoms with E-state index in [-0.39, 0.29) is 11.0 Å². The number of hydrogen-bond donors (Lipinski definition) is 0. The molecule has 3 nitrogen and oxygen atoms in total.